The van der Waals surface area contributed by atoms with E-state index in [1.807, 2.05) is 59.2 Å². The number of halogens is 1. The number of rotatable bonds is 6. The van der Waals surface area contributed by atoms with E-state index in [-0.39, 0.29) is 11.7 Å². The molecule has 0 bridgehead atoms. The predicted octanol–water partition coefficient (Wildman–Crippen LogP) is 4.25. The molecule has 1 saturated heterocycles. The number of thioether (sulfide) groups is 1. The first-order valence-electron chi connectivity index (χ1n) is 9.15. The maximum Gasteiger partial charge on any atom is 0.234 e. The van der Waals surface area contributed by atoms with Crippen molar-refractivity contribution >= 4 is 40.9 Å². The van der Waals surface area contributed by atoms with Crippen LogP contribution in [-0.4, -0.2) is 39.5 Å². The maximum absolute atomic E-state index is 12.3. The molecule has 28 heavy (non-hydrogen) atoms. The average Bonchev–Trinajstić information content (AvgIpc) is 3.37. The van der Waals surface area contributed by atoms with Gasteiger partial charge in [-0.1, -0.05) is 47.6 Å². The van der Waals surface area contributed by atoms with Crippen molar-refractivity contribution in [2.24, 2.45) is 0 Å². The molecule has 0 unspecified atom stereocenters. The lowest BCUT2D eigenvalue weighted by Crippen LogP contribution is -2.22. The highest BCUT2D eigenvalue weighted by Gasteiger charge is 2.23. The number of hydrogen-bond acceptors (Lipinski definition) is 5. The van der Waals surface area contributed by atoms with E-state index in [1.165, 1.54) is 11.8 Å². The molecule has 0 saturated carbocycles. The van der Waals surface area contributed by atoms with Gasteiger partial charge in [0.25, 0.3) is 0 Å². The Morgan fingerprint density at radius 3 is 2.61 bits per heavy atom. The van der Waals surface area contributed by atoms with E-state index < -0.39 is 0 Å². The molecule has 4 rings (SSSR count). The quantitative estimate of drug-likeness (QED) is 0.612. The second kappa shape index (κ2) is 8.67. The van der Waals surface area contributed by atoms with Crippen LogP contribution in [0.3, 0.4) is 0 Å². The average molecular weight is 414 g/mol. The third kappa shape index (κ3) is 4.31. The Morgan fingerprint density at radius 2 is 1.86 bits per heavy atom. The zero-order chi connectivity index (χ0) is 19.3. The van der Waals surface area contributed by atoms with Crippen LogP contribution in [0.15, 0.2) is 59.8 Å². The highest BCUT2D eigenvalue weighted by Crippen LogP contribution is 2.29. The third-order valence-corrected chi connectivity index (χ3v) is 5.63. The van der Waals surface area contributed by atoms with Gasteiger partial charge in [0, 0.05) is 23.8 Å². The predicted molar refractivity (Wildman–Crippen MR) is 114 cm³/mol. The molecule has 1 fully saturated rings. The normalized spacial score (nSPS) is 13.7. The van der Waals surface area contributed by atoms with Crippen LogP contribution in [-0.2, 0) is 4.79 Å². The fourth-order valence-corrected chi connectivity index (χ4v) is 4.10. The standard InChI is InChI=1S/C20H20ClN5OS/c21-15-7-6-10-17(13-15)26-19(25-11-4-5-12-25)23-24-20(26)28-14-18(27)22-16-8-2-1-3-9-16/h1-3,6-10,13H,4-5,11-12,14H2,(H,22,27). The molecule has 0 atom stereocenters. The fourth-order valence-electron chi connectivity index (χ4n) is 3.17. The molecule has 144 valence electrons. The summed E-state index contributed by atoms with van der Waals surface area (Å²) in [5.41, 5.74) is 1.67. The Bertz CT molecular complexity index is 956. The second-order valence-corrected chi connectivity index (χ2v) is 7.87. The van der Waals surface area contributed by atoms with E-state index in [9.17, 15) is 4.79 Å². The topological polar surface area (TPSA) is 63.1 Å². The summed E-state index contributed by atoms with van der Waals surface area (Å²) >= 11 is 7.57. The van der Waals surface area contributed by atoms with Gasteiger partial charge in [-0.05, 0) is 43.2 Å². The van der Waals surface area contributed by atoms with Crippen LogP contribution >= 0.6 is 23.4 Å². The van der Waals surface area contributed by atoms with Crippen LogP contribution in [0.2, 0.25) is 5.02 Å². The Morgan fingerprint density at radius 1 is 1.07 bits per heavy atom. The summed E-state index contributed by atoms with van der Waals surface area (Å²) < 4.78 is 1.98. The van der Waals surface area contributed by atoms with Crippen LogP contribution in [0, 0.1) is 0 Å². The summed E-state index contributed by atoms with van der Waals surface area (Å²) in [5.74, 6) is 0.957. The van der Waals surface area contributed by atoms with Crippen molar-refractivity contribution in [1.82, 2.24) is 14.8 Å². The smallest absolute Gasteiger partial charge is 0.234 e. The van der Waals surface area contributed by atoms with Crippen LogP contribution in [0.4, 0.5) is 11.6 Å². The molecule has 2 heterocycles. The summed E-state index contributed by atoms with van der Waals surface area (Å²) in [7, 11) is 0. The van der Waals surface area contributed by atoms with Gasteiger partial charge in [0.05, 0.1) is 11.4 Å². The highest BCUT2D eigenvalue weighted by atomic mass is 35.5. The van der Waals surface area contributed by atoms with Crippen molar-refractivity contribution in [2.75, 3.05) is 29.1 Å². The van der Waals surface area contributed by atoms with Crippen molar-refractivity contribution in [3.63, 3.8) is 0 Å². The zero-order valence-corrected chi connectivity index (χ0v) is 16.8. The highest BCUT2D eigenvalue weighted by molar-refractivity contribution is 7.99. The Labute approximate surface area is 172 Å². The molecular weight excluding hydrogens is 394 g/mol. The first-order valence-corrected chi connectivity index (χ1v) is 10.5. The molecule has 0 spiro atoms. The number of hydrogen-bond donors (Lipinski definition) is 1. The van der Waals surface area contributed by atoms with E-state index in [0.29, 0.717) is 10.2 Å². The Hall–Kier alpha value is -2.51. The monoisotopic (exact) mass is 413 g/mol. The molecule has 0 radical (unpaired) electrons. The molecular formula is C20H20ClN5OS. The third-order valence-electron chi connectivity index (χ3n) is 4.46. The SMILES string of the molecule is O=C(CSc1nnc(N2CCCC2)n1-c1cccc(Cl)c1)Nc1ccccc1. The minimum Gasteiger partial charge on any atom is -0.341 e. The molecule has 1 N–H and O–H groups in total. The summed E-state index contributed by atoms with van der Waals surface area (Å²) in [6.07, 6.45) is 2.29. The number of aromatic nitrogens is 3. The van der Waals surface area contributed by atoms with Crippen LogP contribution < -0.4 is 10.2 Å². The molecule has 1 amide bonds. The van der Waals surface area contributed by atoms with Crippen LogP contribution in [0.1, 0.15) is 12.8 Å². The van der Waals surface area contributed by atoms with Crippen LogP contribution in [0.5, 0.6) is 0 Å². The summed E-state index contributed by atoms with van der Waals surface area (Å²) in [6, 6.07) is 17.0. The minimum atomic E-state index is -0.0837. The first-order chi connectivity index (χ1) is 13.7. The Balaban J connectivity index is 1.55. The van der Waals surface area contributed by atoms with Crippen molar-refractivity contribution in [3.8, 4) is 5.69 Å². The van der Waals surface area contributed by atoms with E-state index >= 15 is 0 Å². The molecule has 1 aliphatic rings. The molecule has 8 heteroatoms. The maximum atomic E-state index is 12.3. The van der Waals surface area contributed by atoms with E-state index in [1.54, 1.807) is 0 Å². The van der Waals surface area contributed by atoms with E-state index in [4.69, 9.17) is 11.6 Å². The number of carbonyl (C=O) groups excluding carboxylic acids is 1. The van der Waals surface area contributed by atoms with Crippen molar-refractivity contribution in [1.29, 1.82) is 0 Å². The van der Waals surface area contributed by atoms with Gasteiger partial charge in [0.2, 0.25) is 11.9 Å². The van der Waals surface area contributed by atoms with Gasteiger partial charge in [-0.2, -0.15) is 0 Å². The first kappa shape index (κ1) is 18.8. The molecule has 2 aromatic carbocycles. The van der Waals surface area contributed by atoms with Gasteiger partial charge >= 0.3 is 0 Å². The zero-order valence-electron chi connectivity index (χ0n) is 15.2. The van der Waals surface area contributed by atoms with Crippen molar-refractivity contribution in [2.45, 2.75) is 18.0 Å². The molecule has 0 aliphatic carbocycles. The molecule has 6 nitrogen and oxygen atoms in total. The van der Waals surface area contributed by atoms with Gasteiger partial charge in [0.1, 0.15) is 0 Å². The number of benzene rings is 2. The minimum absolute atomic E-state index is 0.0837. The molecule has 1 aromatic heterocycles. The van der Waals surface area contributed by atoms with Crippen molar-refractivity contribution in [3.05, 3.63) is 59.6 Å². The van der Waals surface area contributed by atoms with Gasteiger partial charge < -0.3 is 10.2 Å². The molecule has 3 aromatic rings. The summed E-state index contributed by atoms with van der Waals surface area (Å²) in [5, 5.41) is 13.0. The number of nitrogens with one attached hydrogen (secondary N) is 1. The number of para-hydroxylation sites is 1. The lowest BCUT2D eigenvalue weighted by molar-refractivity contribution is -0.113. The number of carbonyl (C=O) groups is 1. The summed E-state index contributed by atoms with van der Waals surface area (Å²) in [6.45, 7) is 1.91. The lowest BCUT2D eigenvalue weighted by atomic mass is 10.3. The lowest BCUT2D eigenvalue weighted by Gasteiger charge is -2.18. The number of nitrogens with zero attached hydrogens (tertiary/aromatic N) is 4. The van der Waals surface area contributed by atoms with Gasteiger partial charge in [-0.25, -0.2) is 0 Å². The van der Waals surface area contributed by atoms with Gasteiger partial charge in [-0.15, -0.1) is 10.2 Å². The summed E-state index contributed by atoms with van der Waals surface area (Å²) in [4.78, 5) is 14.6. The van der Waals surface area contributed by atoms with Crippen molar-refractivity contribution < 1.29 is 4.79 Å². The van der Waals surface area contributed by atoms with E-state index in [2.05, 4.69) is 20.4 Å². The molecule has 1 aliphatic heterocycles. The van der Waals surface area contributed by atoms with E-state index in [0.717, 1.165) is 43.3 Å². The second-order valence-electron chi connectivity index (χ2n) is 6.49. The van der Waals surface area contributed by atoms with Crippen LogP contribution in [0.25, 0.3) is 5.69 Å². The largest absolute Gasteiger partial charge is 0.341 e. The van der Waals surface area contributed by atoms with Gasteiger partial charge in [0.15, 0.2) is 5.16 Å². The Kier molecular flexibility index (Phi) is 5.83. The fraction of sp³-hybridized carbons (Fsp3) is 0.250. The number of anilines is 2. The van der Waals surface area contributed by atoms with Gasteiger partial charge in [-0.3, -0.25) is 9.36 Å². The number of amides is 1.